The first-order chi connectivity index (χ1) is 15.4. The van der Waals surface area contributed by atoms with Crippen LogP contribution in [0.2, 0.25) is 0 Å². The average molecular weight is 484 g/mol. The fraction of sp³-hybridized carbons (Fsp3) is 0.524. The highest BCUT2D eigenvalue weighted by atomic mass is 32.2. The molecule has 7 N–H and O–H groups in total. The third kappa shape index (κ3) is 11.4. The Morgan fingerprint density at radius 3 is 2.24 bits per heavy atom. The van der Waals surface area contributed by atoms with Crippen LogP contribution in [0.1, 0.15) is 32.8 Å². The number of phenolic OH excluding ortho intramolecular Hbond substituents is 1. The summed E-state index contributed by atoms with van der Waals surface area (Å²) in [5.41, 5.74) is 1.81. The van der Waals surface area contributed by atoms with Crippen molar-refractivity contribution >= 4 is 35.6 Å². The molecule has 0 heterocycles. The van der Waals surface area contributed by atoms with Gasteiger partial charge in [-0.15, -0.1) is 0 Å². The summed E-state index contributed by atoms with van der Waals surface area (Å²) in [6.45, 7) is 4.75. The molecule has 0 aromatic heterocycles. The third-order valence-electron chi connectivity index (χ3n) is 4.21. The number of amides is 4. The highest BCUT2D eigenvalue weighted by Gasteiger charge is 2.28. The number of carbonyl (C=O) groups excluding carboxylic acids is 4. The zero-order valence-electron chi connectivity index (χ0n) is 19.3. The molecule has 2 atom stereocenters. The Morgan fingerprint density at radius 2 is 1.70 bits per heavy atom. The topological polar surface area (TPSA) is 172 Å². The second-order valence-corrected chi connectivity index (χ2v) is 9.18. The number of hydrogen-bond donors (Lipinski definition) is 6. The molecule has 0 radical (unpaired) electrons. The molecule has 11 nitrogen and oxygen atoms in total. The molecule has 0 saturated carbocycles. The van der Waals surface area contributed by atoms with Gasteiger partial charge in [-0.1, -0.05) is 12.1 Å². The Hall–Kier alpha value is -2.99. The number of benzene rings is 1. The van der Waals surface area contributed by atoms with Gasteiger partial charge < -0.3 is 25.8 Å². The molecular weight excluding hydrogens is 450 g/mol. The number of rotatable bonds is 11. The molecule has 0 bridgehead atoms. The van der Waals surface area contributed by atoms with E-state index in [1.807, 2.05) is 11.7 Å². The van der Waals surface area contributed by atoms with Crippen LogP contribution in [0.4, 0.5) is 4.79 Å². The number of hydrogen-bond acceptors (Lipinski definition) is 8. The zero-order chi connectivity index (χ0) is 25.0. The maximum atomic E-state index is 13.1. The van der Waals surface area contributed by atoms with Crippen molar-refractivity contribution in [3.05, 3.63) is 29.8 Å². The summed E-state index contributed by atoms with van der Waals surface area (Å²) >= 11 is 1.49. The van der Waals surface area contributed by atoms with E-state index in [-0.39, 0.29) is 18.7 Å². The van der Waals surface area contributed by atoms with Gasteiger partial charge in [-0.2, -0.15) is 11.8 Å². The number of nitrogens with one attached hydrogen (secondary N) is 4. The van der Waals surface area contributed by atoms with Gasteiger partial charge in [0.25, 0.3) is 5.91 Å². The van der Waals surface area contributed by atoms with E-state index in [1.54, 1.807) is 32.9 Å². The van der Waals surface area contributed by atoms with E-state index in [1.165, 1.54) is 23.9 Å². The smallest absolute Gasteiger partial charge is 0.408 e. The van der Waals surface area contributed by atoms with Gasteiger partial charge in [0, 0.05) is 6.42 Å². The quantitative estimate of drug-likeness (QED) is 0.147. The fourth-order valence-corrected chi connectivity index (χ4v) is 3.12. The summed E-state index contributed by atoms with van der Waals surface area (Å²) < 4.78 is 5.26. The molecule has 0 unspecified atom stereocenters. The van der Waals surface area contributed by atoms with Crippen LogP contribution in [-0.4, -0.2) is 65.2 Å². The Kier molecular flexibility index (Phi) is 11.5. The first-order valence-electron chi connectivity index (χ1n) is 10.3. The predicted molar refractivity (Wildman–Crippen MR) is 125 cm³/mol. The molecule has 0 spiro atoms. The Bertz CT molecular complexity index is 812. The summed E-state index contributed by atoms with van der Waals surface area (Å²) in [4.78, 5) is 49.3. The van der Waals surface area contributed by atoms with Crippen molar-refractivity contribution in [2.45, 2.75) is 51.3 Å². The molecule has 184 valence electrons. The molecule has 0 aliphatic heterocycles. The summed E-state index contributed by atoms with van der Waals surface area (Å²) in [6.07, 6.45) is 1.47. The minimum atomic E-state index is -1.05. The fourth-order valence-electron chi connectivity index (χ4n) is 2.65. The van der Waals surface area contributed by atoms with Crippen LogP contribution in [0.25, 0.3) is 0 Å². The van der Waals surface area contributed by atoms with Crippen LogP contribution in [0.3, 0.4) is 0 Å². The van der Waals surface area contributed by atoms with Crippen molar-refractivity contribution in [3.63, 3.8) is 0 Å². The lowest BCUT2D eigenvalue weighted by Gasteiger charge is -2.25. The summed E-state index contributed by atoms with van der Waals surface area (Å²) in [6, 6.07) is 4.19. The zero-order valence-corrected chi connectivity index (χ0v) is 20.1. The molecule has 33 heavy (non-hydrogen) atoms. The van der Waals surface area contributed by atoms with Crippen LogP contribution < -0.4 is 27.2 Å². The van der Waals surface area contributed by atoms with E-state index < -0.39 is 41.5 Å². The van der Waals surface area contributed by atoms with Crippen LogP contribution in [0, 0.1) is 0 Å². The molecular formula is C21H33N5O6S. The molecule has 1 aromatic rings. The number of carbonyl (C=O) groups is 4. The van der Waals surface area contributed by atoms with Crippen LogP contribution in [0.15, 0.2) is 24.3 Å². The molecule has 0 aliphatic carbocycles. The molecule has 0 aliphatic rings. The number of hydrazine groups is 1. The lowest BCUT2D eigenvalue weighted by molar-refractivity contribution is -0.131. The predicted octanol–water partition coefficient (Wildman–Crippen LogP) is 0.172. The van der Waals surface area contributed by atoms with Crippen LogP contribution in [0.5, 0.6) is 5.75 Å². The summed E-state index contributed by atoms with van der Waals surface area (Å²) in [7, 11) is 0. The second-order valence-electron chi connectivity index (χ2n) is 8.20. The van der Waals surface area contributed by atoms with Gasteiger partial charge in [-0.05, 0) is 56.9 Å². The molecule has 1 aromatic carbocycles. The lowest BCUT2D eigenvalue weighted by atomic mass is 10.0. The van der Waals surface area contributed by atoms with E-state index in [0.29, 0.717) is 17.7 Å². The normalized spacial score (nSPS) is 12.8. The molecule has 1 rings (SSSR count). The highest BCUT2D eigenvalue weighted by molar-refractivity contribution is 7.98. The van der Waals surface area contributed by atoms with Crippen molar-refractivity contribution in [2.75, 3.05) is 18.6 Å². The Morgan fingerprint density at radius 1 is 1.06 bits per heavy atom. The Labute approximate surface area is 197 Å². The minimum Gasteiger partial charge on any atom is -0.508 e. The molecule has 12 heteroatoms. The van der Waals surface area contributed by atoms with E-state index >= 15 is 0 Å². The number of aromatic hydroxyl groups is 1. The van der Waals surface area contributed by atoms with Gasteiger partial charge >= 0.3 is 6.09 Å². The van der Waals surface area contributed by atoms with Crippen molar-refractivity contribution < 1.29 is 29.0 Å². The highest BCUT2D eigenvalue weighted by Crippen LogP contribution is 2.13. The van der Waals surface area contributed by atoms with Gasteiger partial charge in [-0.25, -0.2) is 10.6 Å². The summed E-state index contributed by atoms with van der Waals surface area (Å²) in [5, 5.41) is 17.1. The van der Waals surface area contributed by atoms with E-state index in [9.17, 15) is 24.3 Å². The van der Waals surface area contributed by atoms with E-state index in [2.05, 4.69) is 16.0 Å². The molecule has 0 saturated heterocycles. The third-order valence-corrected chi connectivity index (χ3v) is 4.86. The molecule has 0 fully saturated rings. The summed E-state index contributed by atoms with van der Waals surface area (Å²) in [5.74, 6) is 3.91. The van der Waals surface area contributed by atoms with Gasteiger partial charge in [0.15, 0.2) is 0 Å². The number of phenols is 1. The molecule has 4 amide bonds. The van der Waals surface area contributed by atoms with Crippen LogP contribution in [-0.2, 0) is 25.5 Å². The second kappa shape index (κ2) is 13.5. The van der Waals surface area contributed by atoms with E-state index in [4.69, 9.17) is 10.6 Å². The van der Waals surface area contributed by atoms with Gasteiger partial charge in [0.1, 0.15) is 23.4 Å². The number of ether oxygens (including phenoxy) is 1. The SMILES string of the molecule is CSCC[C@@H](NC(=O)[C@H](Cc1ccc(O)cc1)NC(=O)OC(C)(C)C)C(=O)NCC(=O)NN. The van der Waals surface area contributed by atoms with Crippen molar-refractivity contribution in [1.82, 2.24) is 21.4 Å². The monoisotopic (exact) mass is 483 g/mol. The number of alkyl carbamates (subject to hydrolysis) is 1. The average Bonchev–Trinajstić information content (AvgIpc) is 2.74. The largest absolute Gasteiger partial charge is 0.508 e. The number of nitrogens with two attached hydrogens (primary N) is 1. The van der Waals surface area contributed by atoms with Gasteiger partial charge in [0.05, 0.1) is 6.54 Å². The first kappa shape index (κ1) is 28.0. The van der Waals surface area contributed by atoms with Crippen molar-refractivity contribution in [2.24, 2.45) is 5.84 Å². The maximum absolute atomic E-state index is 13.1. The van der Waals surface area contributed by atoms with Crippen molar-refractivity contribution in [3.8, 4) is 5.75 Å². The standard InChI is InChI=1S/C21H33N5O6S/c1-21(2,3)32-20(31)25-16(11-13-5-7-14(27)8-6-13)19(30)24-15(9-10-33-4)18(29)23-12-17(28)26-22/h5-8,15-16,27H,9-12,22H2,1-4H3,(H,23,29)(H,24,30)(H,25,31)(H,26,28)/t15-,16+/m1/s1. The van der Waals surface area contributed by atoms with Gasteiger partial charge in [0.2, 0.25) is 11.8 Å². The first-order valence-corrected chi connectivity index (χ1v) is 11.7. The van der Waals surface area contributed by atoms with Crippen molar-refractivity contribution in [1.29, 1.82) is 0 Å². The maximum Gasteiger partial charge on any atom is 0.408 e. The minimum absolute atomic E-state index is 0.0650. The Balaban J connectivity index is 2.99. The van der Waals surface area contributed by atoms with E-state index in [0.717, 1.165) is 0 Å². The van der Waals surface area contributed by atoms with Gasteiger partial charge in [-0.3, -0.25) is 19.8 Å². The van der Waals surface area contributed by atoms with Crippen LogP contribution >= 0.6 is 11.8 Å². The number of thioether (sulfide) groups is 1. The lowest BCUT2D eigenvalue weighted by Crippen LogP contribution is -2.55.